The molecule has 0 saturated carbocycles. The number of aryl methyl sites for hydroxylation is 1. The van der Waals surface area contributed by atoms with Crippen LogP contribution < -0.4 is 19.5 Å². The third-order valence-corrected chi connectivity index (χ3v) is 3.31. The minimum absolute atomic E-state index is 0.554. The fourth-order valence-corrected chi connectivity index (χ4v) is 2.34. The van der Waals surface area contributed by atoms with E-state index in [0.717, 1.165) is 22.8 Å². The number of rotatable bonds is 5. The Balaban J connectivity index is 1.67. The molecule has 0 spiro atoms. The van der Waals surface area contributed by atoms with Gasteiger partial charge in [-0.2, -0.15) is 0 Å². The number of nitrogens with one attached hydrogen (secondary N) is 1. The van der Waals surface area contributed by atoms with Crippen LogP contribution in [-0.2, 0) is 13.1 Å². The first-order valence-electron chi connectivity index (χ1n) is 6.99. The number of furan rings is 1. The summed E-state index contributed by atoms with van der Waals surface area (Å²) in [5.74, 6) is 3.99. The van der Waals surface area contributed by atoms with Crippen molar-refractivity contribution in [1.29, 1.82) is 0 Å². The second-order valence-electron chi connectivity index (χ2n) is 4.94. The van der Waals surface area contributed by atoms with Crippen molar-refractivity contribution < 1.29 is 18.6 Å². The van der Waals surface area contributed by atoms with Crippen molar-refractivity contribution in [1.82, 2.24) is 5.32 Å². The standard InChI is InChI=1S/C16H19NO4/c1-11-3-4-13(21-11)10-17-9-12-7-14(18-2)16-15(8-12)19-5-6-20-16/h3-4,7-8,17H,5-6,9-10H2,1-2H3. The van der Waals surface area contributed by atoms with E-state index >= 15 is 0 Å². The minimum atomic E-state index is 0.554. The lowest BCUT2D eigenvalue weighted by molar-refractivity contribution is 0.165. The Hall–Kier alpha value is -2.14. The molecule has 0 radical (unpaired) electrons. The van der Waals surface area contributed by atoms with E-state index in [4.69, 9.17) is 18.6 Å². The molecule has 0 fully saturated rings. The van der Waals surface area contributed by atoms with Crippen molar-refractivity contribution in [3.63, 3.8) is 0 Å². The summed E-state index contributed by atoms with van der Waals surface area (Å²) in [4.78, 5) is 0. The van der Waals surface area contributed by atoms with Gasteiger partial charge >= 0.3 is 0 Å². The quantitative estimate of drug-likeness (QED) is 0.917. The van der Waals surface area contributed by atoms with Crippen molar-refractivity contribution in [2.45, 2.75) is 20.0 Å². The lowest BCUT2D eigenvalue weighted by atomic mass is 10.1. The van der Waals surface area contributed by atoms with Crippen LogP contribution in [0.3, 0.4) is 0 Å². The molecule has 1 N–H and O–H groups in total. The molecule has 3 rings (SSSR count). The second-order valence-corrected chi connectivity index (χ2v) is 4.94. The highest BCUT2D eigenvalue weighted by Gasteiger charge is 2.18. The zero-order valence-electron chi connectivity index (χ0n) is 12.3. The van der Waals surface area contributed by atoms with Crippen LogP contribution in [0.15, 0.2) is 28.7 Å². The predicted octanol–water partition coefficient (Wildman–Crippen LogP) is 2.66. The van der Waals surface area contributed by atoms with Crippen LogP contribution in [0.5, 0.6) is 17.2 Å². The molecule has 1 aliphatic rings. The van der Waals surface area contributed by atoms with E-state index in [0.29, 0.717) is 37.8 Å². The van der Waals surface area contributed by atoms with Gasteiger partial charge in [-0.3, -0.25) is 0 Å². The molecule has 0 saturated heterocycles. The molecule has 21 heavy (non-hydrogen) atoms. The molecular formula is C16H19NO4. The van der Waals surface area contributed by atoms with Crippen molar-refractivity contribution >= 4 is 0 Å². The summed E-state index contributed by atoms with van der Waals surface area (Å²) < 4.78 is 22.1. The van der Waals surface area contributed by atoms with E-state index in [9.17, 15) is 0 Å². The Morgan fingerprint density at radius 2 is 2.00 bits per heavy atom. The number of benzene rings is 1. The Bertz CT molecular complexity index is 603. The Labute approximate surface area is 123 Å². The molecule has 0 unspecified atom stereocenters. The number of fused-ring (bicyclic) bond motifs is 1. The van der Waals surface area contributed by atoms with E-state index in [1.807, 2.05) is 31.2 Å². The smallest absolute Gasteiger partial charge is 0.203 e. The van der Waals surface area contributed by atoms with Crippen LogP contribution in [0, 0.1) is 6.92 Å². The molecule has 0 bridgehead atoms. The summed E-state index contributed by atoms with van der Waals surface area (Å²) in [6.07, 6.45) is 0. The molecule has 2 aromatic rings. The first-order valence-corrected chi connectivity index (χ1v) is 6.99. The van der Waals surface area contributed by atoms with Gasteiger partial charge in [0.15, 0.2) is 11.5 Å². The maximum Gasteiger partial charge on any atom is 0.203 e. The molecule has 1 aromatic heterocycles. The largest absolute Gasteiger partial charge is 0.493 e. The average molecular weight is 289 g/mol. The van der Waals surface area contributed by atoms with Gasteiger partial charge in [-0.1, -0.05) is 0 Å². The van der Waals surface area contributed by atoms with Crippen molar-refractivity contribution in [2.24, 2.45) is 0 Å². The van der Waals surface area contributed by atoms with Crippen molar-refractivity contribution in [3.05, 3.63) is 41.3 Å². The second kappa shape index (κ2) is 6.10. The van der Waals surface area contributed by atoms with Gasteiger partial charge < -0.3 is 23.9 Å². The molecule has 0 atom stereocenters. The topological polar surface area (TPSA) is 52.9 Å². The maximum absolute atomic E-state index is 5.62. The van der Waals surface area contributed by atoms with Crippen LogP contribution in [-0.4, -0.2) is 20.3 Å². The van der Waals surface area contributed by atoms with E-state index in [1.165, 1.54) is 0 Å². The zero-order valence-corrected chi connectivity index (χ0v) is 12.3. The number of hydrogen-bond donors (Lipinski definition) is 1. The molecule has 0 aliphatic carbocycles. The van der Waals surface area contributed by atoms with E-state index in [-0.39, 0.29) is 0 Å². The van der Waals surface area contributed by atoms with Crippen LogP contribution in [0.1, 0.15) is 17.1 Å². The van der Waals surface area contributed by atoms with E-state index in [1.54, 1.807) is 7.11 Å². The van der Waals surface area contributed by atoms with Gasteiger partial charge in [0.05, 0.1) is 13.7 Å². The highest BCUT2D eigenvalue weighted by atomic mass is 16.6. The molecule has 1 aliphatic heterocycles. The summed E-state index contributed by atoms with van der Waals surface area (Å²) in [5.41, 5.74) is 1.08. The monoisotopic (exact) mass is 289 g/mol. The van der Waals surface area contributed by atoms with Gasteiger partial charge in [-0.25, -0.2) is 0 Å². The highest BCUT2D eigenvalue weighted by molar-refractivity contribution is 5.54. The van der Waals surface area contributed by atoms with Gasteiger partial charge in [-0.05, 0) is 36.8 Å². The van der Waals surface area contributed by atoms with Crippen molar-refractivity contribution in [2.75, 3.05) is 20.3 Å². The number of ether oxygens (including phenoxy) is 3. The fourth-order valence-electron chi connectivity index (χ4n) is 2.34. The number of hydrogen-bond acceptors (Lipinski definition) is 5. The summed E-state index contributed by atoms with van der Waals surface area (Å²) in [6, 6.07) is 7.89. The summed E-state index contributed by atoms with van der Waals surface area (Å²) in [6.45, 7) is 4.45. The molecule has 2 heterocycles. The average Bonchev–Trinajstić information content (AvgIpc) is 2.92. The van der Waals surface area contributed by atoms with Crippen LogP contribution >= 0.6 is 0 Å². The summed E-state index contributed by atoms with van der Waals surface area (Å²) in [7, 11) is 1.64. The number of methoxy groups -OCH3 is 1. The Morgan fingerprint density at radius 3 is 2.76 bits per heavy atom. The fraction of sp³-hybridized carbons (Fsp3) is 0.375. The van der Waals surface area contributed by atoms with E-state index < -0.39 is 0 Å². The normalized spacial score (nSPS) is 13.2. The van der Waals surface area contributed by atoms with Crippen LogP contribution in [0.4, 0.5) is 0 Å². The molecule has 112 valence electrons. The lowest BCUT2D eigenvalue weighted by Crippen LogP contribution is -2.17. The Morgan fingerprint density at radius 1 is 1.14 bits per heavy atom. The van der Waals surface area contributed by atoms with Gasteiger partial charge in [-0.15, -0.1) is 0 Å². The summed E-state index contributed by atoms with van der Waals surface area (Å²) in [5, 5.41) is 3.34. The Kier molecular flexibility index (Phi) is 4.01. The van der Waals surface area contributed by atoms with Gasteiger partial charge in [0, 0.05) is 6.54 Å². The van der Waals surface area contributed by atoms with Crippen molar-refractivity contribution in [3.8, 4) is 17.2 Å². The van der Waals surface area contributed by atoms with Crippen LogP contribution in [0.2, 0.25) is 0 Å². The van der Waals surface area contributed by atoms with Crippen LogP contribution in [0.25, 0.3) is 0 Å². The molecular weight excluding hydrogens is 270 g/mol. The van der Waals surface area contributed by atoms with Gasteiger partial charge in [0.25, 0.3) is 0 Å². The molecule has 5 heteroatoms. The summed E-state index contributed by atoms with van der Waals surface area (Å²) >= 11 is 0. The highest BCUT2D eigenvalue weighted by Crippen LogP contribution is 2.40. The third-order valence-electron chi connectivity index (χ3n) is 3.31. The zero-order chi connectivity index (χ0) is 14.7. The molecule has 0 amide bonds. The SMILES string of the molecule is COc1cc(CNCc2ccc(C)o2)cc2c1OCCO2. The minimum Gasteiger partial charge on any atom is -0.493 e. The predicted molar refractivity (Wildman–Crippen MR) is 78.0 cm³/mol. The molecule has 1 aromatic carbocycles. The van der Waals surface area contributed by atoms with Gasteiger partial charge in [0.2, 0.25) is 5.75 Å². The third kappa shape index (κ3) is 3.13. The molecule has 5 nitrogen and oxygen atoms in total. The lowest BCUT2D eigenvalue weighted by Gasteiger charge is -2.21. The maximum atomic E-state index is 5.62. The van der Waals surface area contributed by atoms with E-state index in [2.05, 4.69) is 5.32 Å². The van der Waals surface area contributed by atoms with Gasteiger partial charge in [0.1, 0.15) is 24.7 Å². The first-order chi connectivity index (χ1) is 10.3. The first kappa shape index (κ1) is 13.8.